The van der Waals surface area contributed by atoms with Gasteiger partial charge in [0, 0.05) is 38.8 Å². The molecule has 0 bridgehead atoms. The van der Waals surface area contributed by atoms with Gasteiger partial charge in [-0.3, -0.25) is 4.90 Å². The van der Waals surface area contributed by atoms with Crippen LogP contribution in [0.3, 0.4) is 0 Å². The van der Waals surface area contributed by atoms with Gasteiger partial charge in [-0.25, -0.2) is 13.1 Å². The first-order valence-corrected chi connectivity index (χ1v) is 7.95. The minimum absolute atomic E-state index is 0.109. The molecule has 100 valence electrons. The van der Waals surface area contributed by atoms with Crippen LogP contribution >= 0.6 is 0 Å². The van der Waals surface area contributed by atoms with E-state index in [0.29, 0.717) is 6.54 Å². The fourth-order valence-corrected chi connectivity index (χ4v) is 3.59. The van der Waals surface area contributed by atoms with Crippen molar-refractivity contribution < 1.29 is 8.42 Å². The fraction of sp³-hybridized carbons (Fsp3) is 1.00. The summed E-state index contributed by atoms with van der Waals surface area (Å²) in [5.41, 5.74) is 0. The number of sulfonamides is 1. The maximum Gasteiger partial charge on any atom is 0.214 e. The van der Waals surface area contributed by atoms with Gasteiger partial charge in [-0.05, 0) is 26.8 Å². The molecule has 17 heavy (non-hydrogen) atoms. The van der Waals surface area contributed by atoms with Gasteiger partial charge in [0.1, 0.15) is 0 Å². The van der Waals surface area contributed by atoms with Gasteiger partial charge in [0.15, 0.2) is 0 Å². The van der Waals surface area contributed by atoms with Crippen molar-refractivity contribution in [2.24, 2.45) is 0 Å². The zero-order chi connectivity index (χ0) is 12.5. The molecule has 1 unspecified atom stereocenters. The Morgan fingerprint density at radius 1 is 1.24 bits per heavy atom. The molecule has 1 saturated carbocycles. The van der Waals surface area contributed by atoms with Crippen molar-refractivity contribution in [3.63, 3.8) is 0 Å². The molecule has 2 fully saturated rings. The van der Waals surface area contributed by atoms with Crippen molar-refractivity contribution in [2.75, 3.05) is 39.8 Å². The molecule has 0 spiro atoms. The molecule has 0 amide bonds. The first-order chi connectivity index (χ1) is 7.99. The van der Waals surface area contributed by atoms with E-state index in [9.17, 15) is 8.42 Å². The summed E-state index contributed by atoms with van der Waals surface area (Å²) in [6.07, 6.45) is 1.66. The standard InChI is InChI=1S/C11H23N3O2S/c1-10(14-7-5-13(2)6-8-14)9-12-17(15,16)11-3-4-11/h10-12H,3-9H2,1-2H3. The molecule has 1 heterocycles. The van der Waals surface area contributed by atoms with Crippen molar-refractivity contribution in [3.8, 4) is 0 Å². The van der Waals surface area contributed by atoms with E-state index in [4.69, 9.17) is 0 Å². The Balaban J connectivity index is 1.75. The lowest BCUT2D eigenvalue weighted by atomic mass is 10.2. The maximum atomic E-state index is 11.7. The summed E-state index contributed by atoms with van der Waals surface area (Å²) in [6, 6.07) is 0.289. The SMILES string of the molecule is CC(CNS(=O)(=O)C1CC1)N1CCN(C)CC1. The van der Waals surface area contributed by atoms with Crippen molar-refractivity contribution in [2.45, 2.75) is 31.1 Å². The number of hydrogen-bond acceptors (Lipinski definition) is 4. The van der Waals surface area contributed by atoms with Crippen LogP contribution in [0, 0.1) is 0 Å². The molecular formula is C11H23N3O2S. The normalized spacial score (nSPS) is 26.0. The number of nitrogens with one attached hydrogen (secondary N) is 1. The van der Waals surface area contributed by atoms with Gasteiger partial charge in [-0.1, -0.05) is 0 Å². The van der Waals surface area contributed by atoms with Crippen LogP contribution < -0.4 is 4.72 Å². The first-order valence-electron chi connectivity index (χ1n) is 6.40. The largest absolute Gasteiger partial charge is 0.304 e. The average molecular weight is 261 g/mol. The molecule has 5 nitrogen and oxygen atoms in total. The van der Waals surface area contributed by atoms with E-state index in [2.05, 4.69) is 28.5 Å². The molecule has 1 saturated heterocycles. The minimum atomic E-state index is -3.02. The molecule has 0 aromatic carbocycles. The Morgan fingerprint density at radius 2 is 1.82 bits per heavy atom. The van der Waals surface area contributed by atoms with Crippen molar-refractivity contribution >= 4 is 10.0 Å². The third kappa shape index (κ3) is 3.64. The molecule has 1 aliphatic carbocycles. The summed E-state index contributed by atoms with van der Waals surface area (Å²) in [5, 5.41) is -0.109. The van der Waals surface area contributed by atoms with Crippen LogP contribution in [0.1, 0.15) is 19.8 Å². The fourth-order valence-electron chi connectivity index (χ4n) is 2.12. The van der Waals surface area contributed by atoms with Crippen LogP contribution in [0.15, 0.2) is 0 Å². The van der Waals surface area contributed by atoms with E-state index in [-0.39, 0.29) is 11.3 Å². The highest BCUT2D eigenvalue weighted by atomic mass is 32.2. The first kappa shape index (κ1) is 13.3. The highest BCUT2D eigenvalue weighted by molar-refractivity contribution is 7.90. The molecule has 0 aromatic heterocycles. The Morgan fingerprint density at radius 3 is 2.35 bits per heavy atom. The van der Waals surface area contributed by atoms with Crippen LogP contribution in [0.2, 0.25) is 0 Å². The van der Waals surface area contributed by atoms with Crippen LogP contribution in [-0.4, -0.2) is 69.3 Å². The maximum absolute atomic E-state index is 11.7. The summed E-state index contributed by atoms with van der Waals surface area (Å²) >= 11 is 0. The molecule has 1 aliphatic heterocycles. The third-order valence-electron chi connectivity index (χ3n) is 3.70. The zero-order valence-corrected chi connectivity index (χ0v) is 11.5. The predicted molar refractivity (Wildman–Crippen MR) is 68.5 cm³/mol. The van der Waals surface area contributed by atoms with Gasteiger partial charge in [0.2, 0.25) is 10.0 Å². The molecular weight excluding hydrogens is 238 g/mol. The highest BCUT2D eigenvalue weighted by Gasteiger charge is 2.35. The highest BCUT2D eigenvalue weighted by Crippen LogP contribution is 2.27. The monoisotopic (exact) mass is 261 g/mol. The van der Waals surface area contributed by atoms with Gasteiger partial charge in [-0.2, -0.15) is 0 Å². The minimum Gasteiger partial charge on any atom is -0.304 e. The second-order valence-corrected chi connectivity index (χ2v) is 7.33. The molecule has 0 radical (unpaired) electrons. The van der Waals surface area contributed by atoms with Gasteiger partial charge in [0.05, 0.1) is 5.25 Å². The lowest BCUT2D eigenvalue weighted by Gasteiger charge is -2.36. The van der Waals surface area contributed by atoms with E-state index < -0.39 is 10.0 Å². The topological polar surface area (TPSA) is 52.7 Å². The summed E-state index contributed by atoms with van der Waals surface area (Å²) in [7, 11) is -0.896. The Hall–Kier alpha value is -0.170. The van der Waals surface area contributed by atoms with Crippen LogP contribution in [0.5, 0.6) is 0 Å². The second-order valence-electron chi connectivity index (χ2n) is 5.28. The van der Waals surface area contributed by atoms with Crippen LogP contribution in [0.4, 0.5) is 0 Å². The summed E-state index contributed by atoms with van der Waals surface area (Å²) in [5.74, 6) is 0. The van der Waals surface area contributed by atoms with E-state index >= 15 is 0 Å². The average Bonchev–Trinajstić information content (AvgIpc) is 3.11. The van der Waals surface area contributed by atoms with Crippen LogP contribution in [-0.2, 0) is 10.0 Å². The van der Waals surface area contributed by atoms with Crippen molar-refractivity contribution in [1.29, 1.82) is 0 Å². The molecule has 0 aromatic rings. The smallest absolute Gasteiger partial charge is 0.214 e. The number of nitrogens with zero attached hydrogens (tertiary/aromatic N) is 2. The second kappa shape index (κ2) is 5.22. The molecule has 2 rings (SSSR count). The lowest BCUT2D eigenvalue weighted by molar-refractivity contribution is 0.120. The number of hydrogen-bond donors (Lipinski definition) is 1. The van der Waals surface area contributed by atoms with Gasteiger partial charge >= 0.3 is 0 Å². The Labute approximate surface area is 104 Å². The molecule has 6 heteroatoms. The van der Waals surface area contributed by atoms with Gasteiger partial charge in [0.25, 0.3) is 0 Å². The number of likely N-dealkylation sites (N-methyl/N-ethyl adjacent to an activating group) is 1. The summed E-state index contributed by atoms with van der Waals surface area (Å²) in [6.45, 7) is 6.84. The predicted octanol–water partition coefficient (Wildman–Crippen LogP) is -0.296. The lowest BCUT2D eigenvalue weighted by Crippen LogP contribution is -2.51. The zero-order valence-electron chi connectivity index (χ0n) is 10.7. The van der Waals surface area contributed by atoms with Crippen LogP contribution in [0.25, 0.3) is 0 Å². The Kier molecular flexibility index (Phi) is 4.07. The molecule has 1 N–H and O–H groups in total. The van der Waals surface area contributed by atoms with E-state index in [0.717, 1.165) is 39.0 Å². The Bertz CT molecular complexity index is 346. The van der Waals surface area contributed by atoms with E-state index in [1.54, 1.807) is 0 Å². The van der Waals surface area contributed by atoms with E-state index in [1.165, 1.54) is 0 Å². The summed E-state index contributed by atoms with van der Waals surface area (Å²) in [4.78, 5) is 4.66. The summed E-state index contributed by atoms with van der Waals surface area (Å²) < 4.78 is 26.1. The quantitative estimate of drug-likeness (QED) is 0.738. The van der Waals surface area contributed by atoms with Gasteiger partial charge in [-0.15, -0.1) is 0 Å². The van der Waals surface area contributed by atoms with Crippen molar-refractivity contribution in [1.82, 2.24) is 14.5 Å². The molecule has 1 atom stereocenters. The van der Waals surface area contributed by atoms with E-state index in [1.807, 2.05) is 0 Å². The van der Waals surface area contributed by atoms with Crippen molar-refractivity contribution in [3.05, 3.63) is 0 Å². The number of rotatable bonds is 5. The third-order valence-corrected chi connectivity index (χ3v) is 5.62. The van der Waals surface area contributed by atoms with Gasteiger partial charge < -0.3 is 4.90 Å². The number of piperazine rings is 1. The molecule has 2 aliphatic rings.